The van der Waals surface area contributed by atoms with Gasteiger partial charge in [-0.25, -0.2) is 0 Å². The van der Waals surface area contributed by atoms with Crippen molar-refractivity contribution in [1.29, 1.82) is 0 Å². The number of carbonyl (C=O) groups is 1. The summed E-state index contributed by atoms with van der Waals surface area (Å²) in [5.41, 5.74) is 2.47. The molecule has 134 valence electrons. The Labute approximate surface area is 154 Å². The Morgan fingerprint density at radius 3 is 2.80 bits per heavy atom. The van der Waals surface area contributed by atoms with Gasteiger partial charge in [0.05, 0.1) is 6.04 Å². The van der Waals surface area contributed by atoms with E-state index in [4.69, 9.17) is 12.2 Å². The number of nitrogens with zero attached hydrogens (tertiary/aromatic N) is 3. The van der Waals surface area contributed by atoms with Gasteiger partial charge in [0.1, 0.15) is 12.4 Å². The van der Waals surface area contributed by atoms with Gasteiger partial charge in [0.2, 0.25) is 5.91 Å². The fourth-order valence-corrected chi connectivity index (χ4v) is 3.73. The summed E-state index contributed by atoms with van der Waals surface area (Å²) in [6.07, 6.45) is 5.04. The highest BCUT2D eigenvalue weighted by atomic mass is 32.1. The van der Waals surface area contributed by atoms with Gasteiger partial charge in [-0.2, -0.15) is 5.10 Å². The van der Waals surface area contributed by atoms with Gasteiger partial charge >= 0.3 is 0 Å². The molecule has 25 heavy (non-hydrogen) atoms. The Hall–Kier alpha value is -1.95. The molecule has 1 aliphatic rings. The number of hydrogen-bond acceptors (Lipinski definition) is 3. The van der Waals surface area contributed by atoms with Gasteiger partial charge in [-0.15, -0.1) is 0 Å². The largest absolute Gasteiger partial charge is 0.334 e. The van der Waals surface area contributed by atoms with Crippen molar-refractivity contribution >= 4 is 18.1 Å². The van der Waals surface area contributed by atoms with Crippen molar-refractivity contribution in [3.8, 4) is 0 Å². The van der Waals surface area contributed by atoms with Crippen LogP contribution in [0.2, 0.25) is 0 Å². The molecule has 3 rings (SSSR count). The third-order valence-electron chi connectivity index (χ3n) is 4.89. The molecule has 0 saturated carbocycles. The monoisotopic (exact) mass is 358 g/mol. The van der Waals surface area contributed by atoms with E-state index in [9.17, 15) is 4.79 Å². The fourth-order valence-electron chi connectivity index (χ4n) is 3.52. The Morgan fingerprint density at radius 1 is 1.32 bits per heavy atom. The number of nitrogens with one attached hydrogen (secondary N) is 1. The number of benzene rings is 1. The number of amides is 1. The molecule has 0 bridgehead atoms. The summed E-state index contributed by atoms with van der Waals surface area (Å²) in [4.78, 5) is 15.1. The van der Waals surface area contributed by atoms with Crippen LogP contribution in [0.15, 0.2) is 24.3 Å². The normalized spacial score (nSPS) is 17.7. The van der Waals surface area contributed by atoms with Crippen LogP contribution in [-0.2, 0) is 17.8 Å². The summed E-state index contributed by atoms with van der Waals surface area (Å²) in [5.74, 6) is 0.991. The van der Waals surface area contributed by atoms with Crippen molar-refractivity contribution in [2.24, 2.45) is 0 Å². The van der Waals surface area contributed by atoms with Crippen molar-refractivity contribution in [3.05, 3.63) is 46.0 Å². The summed E-state index contributed by atoms with van der Waals surface area (Å²) >= 11 is 5.32. The van der Waals surface area contributed by atoms with Crippen LogP contribution in [0.1, 0.15) is 55.6 Å². The SMILES string of the molecule is CCCc1n[nH]c(=S)n1CC(=O)N1CCCCC1c1ccc(C)cc1. The molecule has 1 unspecified atom stereocenters. The van der Waals surface area contributed by atoms with Crippen molar-refractivity contribution in [2.75, 3.05) is 6.54 Å². The second-order valence-corrected chi connectivity index (χ2v) is 7.18. The van der Waals surface area contributed by atoms with Crippen LogP contribution in [-0.4, -0.2) is 32.1 Å². The molecule has 2 aromatic rings. The Kier molecular flexibility index (Phi) is 5.68. The van der Waals surface area contributed by atoms with E-state index in [1.54, 1.807) is 0 Å². The number of H-pyrrole nitrogens is 1. The average molecular weight is 359 g/mol. The maximum absolute atomic E-state index is 13.0. The van der Waals surface area contributed by atoms with Gasteiger partial charge in [-0.05, 0) is 50.4 Å². The van der Waals surface area contributed by atoms with Gasteiger partial charge < -0.3 is 4.90 Å². The number of carbonyl (C=O) groups excluding carboxylic acids is 1. The van der Waals surface area contributed by atoms with Crippen LogP contribution in [0.5, 0.6) is 0 Å². The van der Waals surface area contributed by atoms with Crippen molar-refractivity contribution < 1.29 is 4.79 Å². The first-order valence-corrected chi connectivity index (χ1v) is 9.51. The maximum Gasteiger partial charge on any atom is 0.243 e. The van der Waals surface area contributed by atoms with Gasteiger partial charge in [-0.3, -0.25) is 14.5 Å². The molecule has 5 nitrogen and oxygen atoms in total. The van der Waals surface area contributed by atoms with E-state index in [0.717, 1.165) is 44.5 Å². The molecule has 1 saturated heterocycles. The molecule has 0 aliphatic carbocycles. The molecule has 1 atom stereocenters. The average Bonchev–Trinajstić information content (AvgIpc) is 2.96. The highest BCUT2D eigenvalue weighted by molar-refractivity contribution is 7.71. The standard InChI is InChI=1S/C19H26N4OS/c1-3-6-17-20-21-19(25)23(17)13-18(24)22-12-5-4-7-16(22)15-10-8-14(2)9-11-15/h8-11,16H,3-7,12-13H2,1-2H3,(H,21,25). The lowest BCUT2D eigenvalue weighted by Gasteiger charge is -2.36. The first-order valence-electron chi connectivity index (χ1n) is 9.10. The minimum absolute atomic E-state index is 0.125. The molecule has 1 aromatic heterocycles. The highest BCUT2D eigenvalue weighted by Crippen LogP contribution is 2.31. The summed E-state index contributed by atoms with van der Waals surface area (Å²) < 4.78 is 2.38. The van der Waals surface area contributed by atoms with Crippen molar-refractivity contribution in [3.63, 3.8) is 0 Å². The van der Waals surface area contributed by atoms with E-state index in [1.165, 1.54) is 11.1 Å². The second kappa shape index (κ2) is 7.95. The minimum atomic E-state index is 0.125. The summed E-state index contributed by atoms with van der Waals surface area (Å²) in [5, 5.41) is 7.09. The van der Waals surface area contributed by atoms with Crippen molar-refractivity contribution in [2.45, 2.75) is 58.5 Å². The van der Waals surface area contributed by atoms with E-state index in [0.29, 0.717) is 4.77 Å². The van der Waals surface area contributed by atoms with E-state index in [-0.39, 0.29) is 18.5 Å². The minimum Gasteiger partial charge on any atom is -0.334 e. The lowest BCUT2D eigenvalue weighted by molar-refractivity contribution is -0.135. The Morgan fingerprint density at radius 2 is 2.08 bits per heavy atom. The quantitative estimate of drug-likeness (QED) is 0.823. The Bertz CT molecular complexity index is 777. The third-order valence-corrected chi connectivity index (χ3v) is 5.20. The molecule has 1 N–H and O–H groups in total. The molecule has 6 heteroatoms. The molecule has 1 fully saturated rings. The molecule has 0 radical (unpaired) electrons. The molecule has 1 amide bonds. The summed E-state index contributed by atoms with van der Waals surface area (Å²) in [7, 11) is 0. The lowest BCUT2D eigenvalue weighted by Crippen LogP contribution is -2.40. The predicted molar refractivity (Wildman–Crippen MR) is 101 cm³/mol. The van der Waals surface area contributed by atoms with Crippen LogP contribution in [0.3, 0.4) is 0 Å². The van der Waals surface area contributed by atoms with Gasteiger partial charge in [-0.1, -0.05) is 36.8 Å². The first kappa shape index (κ1) is 17.9. The first-order chi connectivity index (χ1) is 12.1. The van der Waals surface area contributed by atoms with E-state index >= 15 is 0 Å². The molecular weight excluding hydrogens is 332 g/mol. The number of likely N-dealkylation sites (tertiary alicyclic amines) is 1. The van der Waals surface area contributed by atoms with Crippen LogP contribution in [0, 0.1) is 11.7 Å². The molecular formula is C19H26N4OS. The number of rotatable bonds is 5. The van der Waals surface area contributed by atoms with E-state index < -0.39 is 0 Å². The van der Waals surface area contributed by atoms with Crippen LogP contribution in [0.25, 0.3) is 0 Å². The van der Waals surface area contributed by atoms with Crippen molar-refractivity contribution in [1.82, 2.24) is 19.7 Å². The van der Waals surface area contributed by atoms with E-state index in [1.807, 2.05) is 9.47 Å². The van der Waals surface area contributed by atoms with Crippen LogP contribution in [0.4, 0.5) is 0 Å². The second-order valence-electron chi connectivity index (χ2n) is 6.79. The zero-order valence-corrected chi connectivity index (χ0v) is 15.8. The zero-order valence-electron chi connectivity index (χ0n) is 15.0. The third kappa shape index (κ3) is 4.00. The topological polar surface area (TPSA) is 53.9 Å². The van der Waals surface area contributed by atoms with Gasteiger partial charge in [0.15, 0.2) is 4.77 Å². The van der Waals surface area contributed by atoms with E-state index in [2.05, 4.69) is 48.3 Å². The molecule has 0 spiro atoms. The fraction of sp³-hybridized carbons (Fsp3) is 0.526. The smallest absolute Gasteiger partial charge is 0.243 e. The summed E-state index contributed by atoms with van der Waals surface area (Å²) in [6.45, 7) is 5.27. The summed E-state index contributed by atoms with van der Waals surface area (Å²) in [6, 6.07) is 8.71. The molecule has 1 aromatic carbocycles. The predicted octanol–water partition coefficient (Wildman–Crippen LogP) is 3.96. The lowest BCUT2D eigenvalue weighted by atomic mass is 9.94. The van der Waals surface area contributed by atoms with Crippen LogP contribution < -0.4 is 0 Å². The number of piperidine rings is 1. The maximum atomic E-state index is 13.0. The van der Waals surface area contributed by atoms with Gasteiger partial charge in [0, 0.05) is 13.0 Å². The molecule has 1 aliphatic heterocycles. The zero-order chi connectivity index (χ0) is 17.8. The molecule has 2 heterocycles. The van der Waals surface area contributed by atoms with Gasteiger partial charge in [0.25, 0.3) is 0 Å². The number of aromatic amines is 1. The van der Waals surface area contributed by atoms with Crippen LogP contribution >= 0.6 is 12.2 Å². The number of hydrogen-bond donors (Lipinski definition) is 1. The Balaban J connectivity index is 1.81. The number of aromatic nitrogens is 3. The highest BCUT2D eigenvalue weighted by Gasteiger charge is 2.28. The number of aryl methyl sites for hydroxylation is 2.